The molecular weight excluding hydrogens is 180 g/mol. The second kappa shape index (κ2) is 7.62. The van der Waals surface area contributed by atoms with E-state index in [9.17, 15) is 4.79 Å². The predicted octanol–water partition coefficient (Wildman–Crippen LogP) is 1.32. The van der Waals surface area contributed by atoms with E-state index < -0.39 is 0 Å². The fraction of sp³-hybridized carbons (Fsp3) is 0.900. The average molecular weight is 202 g/mol. The molecule has 2 amide bonds. The van der Waals surface area contributed by atoms with Gasteiger partial charge in [-0.15, -0.1) is 0 Å². The van der Waals surface area contributed by atoms with Gasteiger partial charge in [0.05, 0.1) is 6.61 Å². The zero-order valence-electron chi connectivity index (χ0n) is 9.67. The largest absolute Gasteiger partial charge is 0.379 e. The summed E-state index contributed by atoms with van der Waals surface area (Å²) < 4.78 is 5.33. The van der Waals surface area contributed by atoms with Gasteiger partial charge < -0.3 is 15.0 Å². The van der Waals surface area contributed by atoms with Gasteiger partial charge in [-0.25, -0.2) is 4.79 Å². The number of carbonyl (C=O) groups is 1. The molecule has 0 aliphatic rings. The molecule has 4 nitrogen and oxygen atoms in total. The number of ether oxygens (including phenoxy) is 1. The van der Waals surface area contributed by atoms with Crippen molar-refractivity contribution >= 4 is 6.03 Å². The topological polar surface area (TPSA) is 41.6 Å². The number of carbonyl (C=O) groups excluding carboxylic acids is 1. The molecule has 0 rings (SSSR count). The third-order valence-corrected chi connectivity index (χ3v) is 1.79. The van der Waals surface area contributed by atoms with Crippen LogP contribution in [0.3, 0.4) is 0 Å². The van der Waals surface area contributed by atoms with E-state index in [0.29, 0.717) is 19.1 Å². The summed E-state index contributed by atoms with van der Waals surface area (Å²) >= 11 is 0. The number of rotatable bonds is 6. The minimum Gasteiger partial charge on any atom is -0.379 e. The van der Waals surface area contributed by atoms with Crippen molar-refractivity contribution < 1.29 is 9.53 Å². The number of hydrogen-bond donors (Lipinski definition) is 1. The van der Waals surface area contributed by atoms with Crippen LogP contribution >= 0.6 is 0 Å². The molecule has 0 bridgehead atoms. The van der Waals surface area contributed by atoms with Crippen molar-refractivity contribution in [3.8, 4) is 0 Å². The van der Waals surface area contributed by atoms with Crippen LogP contribution in [-0.4, -0.2) is 44.3 Å². The minimum absolute atomic E-state index is 0.0411. The van der Waals surface area contributed by atoms with Gasteiger partial charge in [0, 0.05) is 26.7 Å². The van der Waals surface area contributed by atoms with E-state index in [0.717, 1.165) is 13.2 Å². The highest BCUT2D eigenvalue weighted by Gasteiger charge is 2.03. The van der Waals surface area contributed by atoms with Crippen LogP contribution in [0.4, 0.5) is 4.79 Å². The van der Waals surface area contributed by atoms with Gasteiger partial charge in [-0.1, -0.05) is 13.8 Å². The predicted molar refractivity (Wildman–Crippen MR) is 57.4 cm³/mol. The molecular formula is C10H22N2O2. The molecule has 84 valence electrons. The maximum atomic E-state index is 11.2. The molecule has 0 fully saturated rings. The Kier molecular flexibility index (Phi) is 7.20. The first-order valence-electron chi connectivity index (χ1n) is 5.14. The lowest BCUT2D eigenvalue weighted by Gasteiger charge is -2.15. The van der Waals surface area contributed by atoms with Gasteiger partial charge >= 0.3 is 6.03 Å². The molecule has 0 heterocycles. The summed E-state index contributed by atoms with van der Waals surface area (Å²) in [6.45, 7) is 8.78. The van der Waals surface area contributed by atoms with Crippen LogP contribution < -0.4 is 5.32 Å². The Balaban J connectivity index is 3.32. The van der Waals surface area contributed by atoms with Crippen molar-refractivity contribution in [3.63, 3.8) is 0 Å². The van der Waals surface area contributed by atoms with Crippen molar-refractivity contribution in [2.45, 2.75) is 20.8 Å². The molecule has 0 saturated heterocycles. The maximum Gasteiger partial charge on any atom is 0.317 e. The molecule has 0 atom stereocenters. The number of amides is 2. The third kappa shape index (κ3) is 6.71. The van der Waals surface area contributed by atoms with Crippen LogP contribution in [0.2, 0.25) is 0 Å². The molecule has 0 aromatic carbocycles. The van der Waals surface area contributed by atoms with E-state index in [1.165, 1.54) is 0 Å². The Morgan fingerprint density at radius 1 is 1.50 bits per heavy atom. The lowest BCUT2D eigenvalue weighted by molar-refractivity contribution is 0.111. The van der Waals surface area contributed by atoms with Crippen molar-refractivity contribution in [2.24, 2.45) is 5.92 Å². The van der Waals surface area contributed by atoms with Crippen LogP contribution in [0.5, 0.6) is 0 Å². The molecule has 0 spiro atoms. The number of urea groups is 1. The van der Waals surface area contributed by atoms with Gasteiger partial charge in [-0.3, -0.25) is 0 Å². The first kappa shape index (κ1) is 13.2. The van der Waals surface area contributed by atoms with Crippen LogP contribution in [0.15, 0.2) is 0 Å². The zero-order valence-corrected chi connectivity index (χ0v) is 9.67. The van der Waals surface area contributed by atoms with Crippen molar-refractivity contribution in [1.82, 2.24) is 10.2 Å². The van der Waals surface area contributed by atoms with Gasteiger partial charge in [0.15, 0.2) is 0 Å². The molecule has 14 heavy (non-hydrogen) atoms. The SMILES string of the molecule is CCN(C)C(=O)NCCOCC(C)C. The quantitative estimate of drug-likeness (QED) is 0.660. The Bertz CT molecular complexity index is 160. The Morgan fingerprint density at radius 2 is 2.14 bits per heavy atom. The summed E-state index contributed by atoms with van der Waals surface area (Å²) in [5.74, 6) is 0.545. The first-order valence-corrected chi connectivity index (χ1v) is 5.14. The normalized spacial score (nSPS) is 10.4. The molecule has 0 aliphatic carbocycles. The molecule has 0 aromatic rings. The fourth-order valence-electron chi connectivity index (χ4n) is 0.828. The van der Waals surface area contributed by atoms with Crippen molar-refractivity contribution in [2.75, 3.05) is 33.4 Å². The van der Waals surface area contributed by atoms with E-state index >= 15 is 0 Å². The van der Waals surface area contributed by atoms with E-state index in [1.54, 1.807) is 11.9 Å². The smallest absolute Gasteiger partial charge is 0.317 e. The lowest BCUT2D eigenvalue weighted by Crippen LogP contribution is -2.38. The monoisotopic (exact) mass is 202 g/mol. The number of nitrogens with one attached hydrogen (secondary N) is 1. The molecule has 0 radical (unpaired) electrons. The Hall–Kier alpha value is -0.770. The van der Waals surface area contributed by atoms with Crippen molar-refractivity contribution in [1.29, 1.82) is 0 Å². The minimum atomic E-state index is -0.0411. The zero-order chi connectivity index (χ0) is 11.0. The summed E-state index contributed by atoms with van der Waals surface area (Å²) in [6, 6.07) is -0.0411. The van der Waals surface area contributed by atoms with Crippen LogP contribution in [-0.2, 0) is 4.74 Å². The lowest BCUT2D eigenvalue weighted by atomic mass is 10.2. The molecule has 0 unspecified atom stereocenters. The third-order valence-electron chi connectivity index (χ3n) is 1.79. The molecule has 4 heteroatoms. The van der Waals surface area contributed by atoms with Gasteiger partial charge in [-0.05, 0) is 12.8 Å². The highest BCUT2D eigenvalue weighted by atomic mass is 16.5. The average Bonchev–Trinajstić information content (AvgIpc) is 2.15. The highest BCUT2D eigenvalue weighted by Crippen LogP contribution is 1.91. The Morgan fingerprint density at radius 3 is 2.64 bits per heavy atom. The summed E-state index contributed by atoms with van der Waals surface area (Å²) in [5.41, 5.74) is 0. The van der Waals surface area contributed by atoms with Gasteiger partial charge in [0.25, 0.3) is 0 Å². The molecule has 0 saturated carbocycles. The van der Waals surface area contributed by atoms with Gasteiger partial charge in [0.2, 0.25) is 0 Å². The summed E-state index contributed by atoms with van der Waals surface area (Å²) in [4.78, 5) is 12.9. The number of nitrogens with zero attached hydrogens (tertiary/aromatic N) is 1. The van der Waals surface area contributed by atoms with Crippen molar-refractivity contribution in [3.05, 3.63) is 0 Å². The number of hydrogen-bond acceptors (Lipinski definition) is 2. The first-order chi connectivity index (χ1) is 6.57. The van der Waals surface area contributed by atoms with Gasteiger partial charge in [-0.2, -0.15) is 0 Å². The van der Waals surface area contributed by atoms with E-state index in [1.807, 2.05) is 6.92 Å². The molecule has 0 aliphatic heterocycles. The van der Waals surface area contributed by atoms with E-state index in [4.69, 9.17) is 4.74 Å². The van der Waals surface area contributed by atoms with Crippen LogP contribution in [0.25, 0.3) is 0 Å². The summed E-state index contributed by atoms with van der Waals surface area (Å²) in [7, 11) is 1.77. The second-order valence-corrected chi connectivity index (χ2v) is 3.71. The van der Waals surface area contributed by atoms with E-state index in [2.05, 4.69) is 19.2 Å². The second-order valence-electron chi connectivity index (χ2n) is 3.71. The standard InChI is InChI=1S/C10H22N2O2/c1-5-12(4)10(13)11-6-7-14-8-9(2)3/h9H,5-8H2,1-4H3,(H,11,13). The van der Waals surface area contributed by atoms with Crippen LogP contribution in [0.1, 0.15) is 20.8 Å². The Labute approximate surface area is 86.6 Å². The molecule has 1 N–H and O–H groups in total. The molecule has 0 aromatic heterocycles. The summed E-state index contributed by atoms with van der Waals surface area (Å²) in [5, 5.41) is 2.77. The highest BCUT2D eigenvalue weighted by molar-refractivity contribution is 5.73. The van der Waals surface area contributed by atoms with E-state index in [-0.39, 0.29) is 6.03 Å². The fourth-order valence-corrected chi connectivity index (χ4v) is 0.828. The van der Waals surface area contributed by atoms with Gasteiger partial charge in [0.1, 0.15) is 0 Å². The van der Waals surface area contributed by atoms with Crippen LogP contribution in [0, 0.1) is 5.92 Å². The summed E-state index contributed by atoms with van der Waals surface area (Å²) in [6.07, 6.45) is 0. The maximum absolute atomic E-state index is 11.2.